The minimum absolute atomic E-state index is 0.127. The maximum Gasteiger partial charge on any atom is 0.310 e. The van der Waals surface area contributed by atoms with Gasteiger partial charge in [-0.2, -0.15) is 0 Å². The van der Waals surface area contributed by atoms with Crippen molar-refractivity contribution in [1.29, 1.82) is 0 Å². The molecule has 1 fully saturated rings. The number of sulfonamides is 1. The fraction of sp³-hybridized carbons (Fsp3) is 0.350. The minimum Gasteiger partial charge on any atom is -0.493 e. The molecule has 0 saturated carbocycles. The van der Waals surface area contributed by atoms with Crippen LogP contribution < -0.4 is 4.72 Å². The number of carboxylic acids is 1. The summed E-state index contributed by atoms with van der Waals surface area (Å²) in [6, 6.07) is 4.33. The van der Waals surface area contributed by atoms with Gasteiger partial charge in [-0.15, -0.1) is 0 Å². The number of hydrogen-bond acceptors (Lipinski definition) is 4. The van der Waals surface area contributed by atoms with Crippen molar-refractivity contribution in [3.05, 3.63) is 64.2 Å². The van der Waals surface area contributed by atoms with E-state index in [2.05, 4.69) is 4.72 Å². The second-order valence-electron chi connectivity index (χ2n) is 7.18. The van der Waals surface area contributed by atoms with Crippen molar-refractivity contribution in [2.45, 2.75) is 30.3 Å². The van der Waals surface area contributed by atoms with Crippen LogP contribution >= 0.6 is 0 Å². The lowest BCUT2D eigenvalue weighted by Crippen LogP contribution is -2.32. The van der Waals surface area contributed by atoms with Gasteiger partial charge < -0.3 is 9.84 Å². The topological polar surface area (TPSA) is 92.7 Å². The first-order valence-corrected chi connectivity index (χ1v) is 10.7. The predicted octanol–water partition coefficient (Wildman–Crippen LogP) is 2.85. The lowest BCUT2D eigenvalue weighted by molar-refractivity contribution is -0.139. The first-order valence-electron chi connectivity index (χ1n) is 9.20. The fourth-order valence-electron chi connectivity index (χ4n) is 3.94. The summed E-state index contributed by atoms with van der Waals surface area (Å²) in [6.45, 7) is 0.157. The number of carboxylic acid groups (broad SMARTS) is 1. The molecule has 9 heteroatoms. The van der Waals surface area contributed by atoms with E-state index in [4.69, 9.17) is 4.74 Å². The van der Waals surface area contributed by atoms with Crippen LogP contribution in [0.2, 0.25) is 0 Å². The Kier molecular flexibility index (Phi) is 5.04. The van der Waals surface area contributed by atoms with Gasteiger partial charge in [-0.3, -0.25) is 4.79 Å². The molecule has 0 bridgehead atoms. The van der Waals surface area contributed by atoms with Gasteiger partial charge >= 0.3 is 5.97 Å². The Hall–Kier alpha value is -2.52. The Morgan fingerprint density at radius 1 is 1.24 bits per heavy atom. The summed E-state index contributed by atoms with van der Waals surface area (Å²) < 4.78 is 61.5. The van der Waals surface area contributed by atoms with Gasteiger partial charge in [0, 0.05) is 12.1 Å². The first kappa shape index (κ1) is 19.8. The van der Waals surface area contributed by atoms with E-state index in [9.17, 15) is 22.7 Å². The van der Waals surface area contributed by atoms with Crippen LogP contribution in [0, 0.1) is 11.7 Å². The largest absolute Gasteiger partial charge is 0.493 e. The number of alkyl halides is 1. The fourth-order valence-corrected chi connectivity index (χ4v) is 4.95. The maximum atomic E-state index is 15.3. The number of nitrogens with one attached hydrogen (secondary N) is 1. The number of rotatable bonds is 5. The number of aliphatic carboxylic acids is 1. The van der Waals surface area contributed by atoms with E-state index in [-0.39, 0.29) is 29.0 Å². The Morgan fingerprint density at radius 2 is 1.97 bits per heavy atom. The van der Waals surface area contributed by atoms with E-state index < -0.39 is 33.9 Å². The Balaban J connectivity index is 1.65. The second kappa shape index (κ2) is 7.38. The minimum atomic E-state index is -3.97. The lowest BCUT2D eigenvalue weighted by Gasteiger charge is -2.32. The molecule has 3 aliphatic rings. The highest BCUT2D eigenvalue weighted by Gasteiger charge is 2.41. The van der Waals surface area contributed by atoms with Crippen molar-refractivity contribution >= 4 is 16.0 Å². The predicted molar refractivity (Wildman–Crippen MR) is 99.5 cm³/mol. The molecule has 2 N–H and O–H groups in total. The average Bonchev–Trinajstić information content (AvgIpc) is 3.15. The molecule has 4 rings (SSSR count). The number of hydrogen-bond donors (Lipinski definition) is 2. The quantitative estimate of drug-likeness (QED) is 0.760. The molecule has 6 nitrogen and oxygen atoms in total. The SMILES string of the molecule is O=C(O)C1C=C2C(=C3OCCCC3=C(CNS(=O)(=O)c3ccc(F)cc3)C2F)C1. The smallest absolute Gasteiger partial charge is 0.310 e. The average molecular weight is 423 g/mol. The molecule has 154 valence electrons. The van der Waals surface area contributed by atoms with E-state index in [1.54, 1.807) is 0 Å². The lowest BCUT2D eigenvalue weighted by atomic mass is 9.83. The van der Waals surface area contributed by atoms with Crippen molar-refractivity contribution in [3.63, 3.8) is 0 Å². The number of benzene rings is 1. The van der Waals surface area contributed by atoms with Crippen molar-refractivity contribution in [2.75, 3.05) is 13.2 Å². The molecular formula is C20H19F2NO5S. The summed E-state index contributed by atoms with van der Waals surface area (Å²) in [5, 5.41) is 9.30. The van der Waals surface area contributed by atoms with Crippen molar-refractivity contribution in [2.24, 2.45) is 5.92 Å². The summed E-state index contributed by atoms with van der Waals surface area (Å²) >= 11 is 0. The highest BCUT2D eigenvalue weighted by molar-refractivity contribution is 7.89. The molecule has 1 heterocycles. The van der Waals surface area contributed by atoms with Crippen LogP contribution in [-0.4, -0.2) is 38.8 Å². The molecule has 1 aromatic rings. The third-order valence-corrected chi connectivity index (χ3v) is 6.80. The monoisotopic (exact) mass is 423 g/mol. The summed E-state index contributed by atoms with van der Waals surface area (Å²) in [7, 11) is -3.97. The summed E-state index contributed by atoms with van der Waals surface area (Å²) in [4.78, 5) is 11.2. The number of fused-ring (bicyclic) bond motifs is 2. The molecule has 2 unspecified atom stereocenters. The van der Waals surface area contributed by atoms with Crippen LogP contribution in [-0.2, 0) is 19.6 Å². The summed E-state index contributed by atoms with van der Waals surface area (Å²) in [5.74, 6) is -1.94. The molecule has 0 radical (unpaired) electrons. The van der Waals surface area contributed by atoms with Gasteiger partial charge in [-0.25, -0.2) is 21.9 Å². The van der Waals surface area contributed by atoms with Crippen molar-refractivity contribution < 1.29 is 31.8 Å². The van der Waals surface area contributed by atoms with Gasteiger partial charge in [0.2, 0.25) is 10.0 Å². The second-order valence-corrected chi connectivity index (χ2v) is 8.94. The highest BCUT2D eigenvalue weighted by Crippen LogP contribution is 2.46. The molecule has 1 aliphatic heterocycles. The standard InChI is InChI=1S/C20H19F2NO5S/c21-12-3-5-13(6-4-12)29(26,27)23-10-17-14-2-1-7-28-19(14)16-9-11(20(24)25)8-15(16)18(17)22/h3-6,8,11,18,23H,1-2,7,9-10H2,(H,24,25). The molecular weight excluding hydrogens is 404 g/mol. The van der Waals surface area contributed by atoms with E-state index in [0.29, 0.717) is 36.4 Å². The van der Waals surface area contributed by atoms with Crippen molar-refractivity contribution in [3.8, 4) is 0 Å². The van der Waals surface area contributed by atoms with E-state index in [1.165, 1.54) is 6.08 Å². The molecule has 2 aliphatic carbocycles. The Labute approximate surface area is 166 Å². The molecule has 0 amide bonds. The Bertz CT molecular complexity index is 1060. The number of ether oxygens (including phenoxy) is 1. The van der Waals surface area contributed by atoms with Gasteiger partial charge in [0.1, 0.15) is 17.7 Å². The van der Waals surface area contributed by atoms with E-state index in [1.807, 2.05) is 0 Å². The number of carbonyl (C=O) groups is 1. The summed E-state index contributed by atoms with van der Waals surface area (Å²) in [5.41, 5.74) is 1.63. The van der Waals surface area contributed by atoms with Crippen LogP contribution in [0.1, 0.15) is 19.3 Å². The molecule has 1 saturated heterocycles. The number of allylic oxidation sites excluding steroid dienone is 3. The molecule has 1 aromatic carbocycles. The zero-order valence-electron chi connectivity index (χ0n) is 15.3. The third kappa shape index (κ3) is 3.60. The van der Waals surface area contributed by atoms with Gasteiger partial charge in [0.05, 0.1) is 17.4 Å². The molecule has 29 heavy (non-hydrogen) atoms. The van der Waals surface area contributed by atoms with Crippen LogP contribution in [0.25, 0.3) is 0 Å². The molecule has 2 atom stereocenters. The van der Waals surface area contributed by atoms with Crippen LogP contribution in [0.4, 0.5) is 8.78 Å². The third-order valence-electron chi connectivity index (χ3n) is 5.38. The van der Waals surface area contributed by atoms with E-state index in [0.717, 1.165) is 24.3 Å². The normalized spacial score (nSPS) is 24.0. The number of halogens is 2. The molecule has 0 spiro atoms. The van der Waals surface area contributed by atoms with Crippen molar-refractivity contribution in [1.82, 2.24) is 4.72 Å². The van der Waals surface area contributed by atoms with E-state index >= 15 is 4.39 Å². The zero-order valence-corrected chi connectivity index (χ0v) is 16.1. The maximum absolute atomic E-state index is 15.3. The van der Waals surface area contributed by atoms with Crippen LogP contribution in [0.3, 0.4) is 0 Å². The van der Waals surface area contributed by atoms with Gasteiger partial charge in [0.15, 0.2) is 0 Å². The van der Waals surface area contributed by atoms with Crippen LogP contribution in [0.5, 0.6) is 0 Å². The highest BCUT2D eigenvalue weighted by atomic mass is 32.2. The van der Waals surface area contributed by atoms with Gasteiger partial charge in [-0.05, 0) is 60.2 Å². The summed E-state index contributed by atoms with van der Waals surface area (Å²) in [6.07, 6.45) is 1.13. The van der Waals surface area contributed by atoms with Crippen LogP contribution in [0.15, 0.2) is 63.3 Å². The molecule has 0 aromatic heterocycles. The van der Waals surface area contributed by atoms with Gasteiger partial charge in [-0.1, -0.05) is 6.08 Å². The Morgan fingerprint density at radius 3 is 2.66 bits per heavy atom. The van der Waals surface area contributed by atoms with Gasteiger partial charge in [0.25, 0.3) is 0 Å². The zero-order chi connectivity index (χ0) is 20.8. The first-order chi connectivity index (χ1) is 13.8.